The Labute approximate surface area is 172 Å². The molecule has 140 valence electrons. The molecule has 2 heterocycles. The number of anilines is 1. The summed E-state index contributed by atoms with van der Waals surface area (Å²) in [5.41, 5.74) is 6.71. The molecule has 5 nitrogen and oxygen atoms in total. The number of nitrogens with two attached hydrogens (primary N) is 1. The maximum absolute atomic E-state index is 13.1. The van der Waals surface area contributed by atoms with Gasteiger partial charge in [0.25, 0.3) is 5.56 Å². The second-order valence-electron chi connectivity index (χ2n) is 5.81. The molecule has 28 heavy (non-hydrogen) atoms. The van der Waals surface area contributed by atoms with Crippen molar-refractivity contribution in [2.75, 3.05) is 5.73 Å². The molecule has 4 rings (SSSR count). The van der Waals surface area contributed by atoms with E-state index < -0.39 is 5.56 Å². The second-order valence-corrected chi connectivity index (χ2v) is 7.69. The lowest BCUT2D eigenvalue weighted by Gasteiger charge is -2.12. The average Bonchev–Trinajstić information content (AvgIpc) is 2.68. The molecular weight excluding hydrogens is 422 g/mol. The third-order valence-electron chi connectivity index (χ3n) is 4.00. The number of hydrogen-bond acceptors (Lipinski definition) is 5. The molecule has 0 bridgehead atoms. The summed E-state index contributed by atoms with van der Waals surface area (Å²) in [4.78, 5) is 17.2. The van der Waals surface area contributed by atoms with Crippen LogP contribution in [0.15, 0.2) is 69.6 Å². The van der Waals surface area contributed by atoms with Crippen LogP contribution in [-0.2, 0) is 0 Å². The summed E-state index contributed by atoms with van der Waals surface area (Å²) in [6.07, 6.45) is 1.32. The number of nitrogen functional groups attached to an aromatic ring is 1. The third kappa shape index (κ3) is 3.44. The summed E-state index contributed by atoms with van der Waals surface area (Å²) in [7, 11) is 0. The van der Waals surface area contributed by atoms with Gasteiger partial charge in [-0.25, -0.2) is 8.91 Å². The highest BCUT2D eigenvalue weighted by Gasteiger charge is 2.18. The fourth-order valence-corrected chi connectivity index (χ4v) is 4.04. The van der Waals surface area contributed by atoms with Crippen molar-refractivity contribution in [2.45, 2.75) is 9.92 Å². The van der Waals surface area contributed by atoms with Crippen LogP contribution in [0, 0.1) is 5.82 Å². The number of rotatable bonds is 3. The van der Waals surface area contributed by atoms with Crippen molar-refractivity contribution >= 4 is 46.2 Å². The highest BCUT2D eigenvalue weighted by Crippen LogP contribution is 2.38. The molecule has 9 heteroatoms. The highest BCUT2D eigenvalue weighted by molar-refractivity contribution is 7.99. The minimum absolute atomic E-state index is 0.185. The van der Waals surface area contributed by atoms with Crippen LogP contribution in [0.5, 0.6) is 0 Å². The van der Waals surface area contributed by atoms with Crippen molar-refractivity contribution in [2.24, 2.45) is 0 Å². The molecular formula is C19H11Cl2FN4OS. The van der Waals surface area contributed by atoms with Crippen LogP contribution < -0.4 is 11.3 Å². The summed E-state index contributed by atoms with van der Waals surface area (Å²) < 4.78 is 14.5. The molecule has 0 saturated heterocycles. The van der Waals surface area contributed by atoms with Gasteiger partial charge in [0.1, 0.15) is 17.2 Å². The van der Waals surface area contributed by atoms with Gasteiger partial charge in [-0.1, -0.05) is 35.0 Å². The first-order chi connectivity index (χ1) is 13.4. The van der Waals surface area contributed by atoms with Crippen LogP contribution in [0.4, 0.5) is 10.1 Å². The van der Waals surface area contributed by atoms with Gasteiger partial charge >= 0.3 is 0 Å². The van der Waals surface area contributed by atoms with Gasteiger partial charge in [0, 0.05) is 10.5 Å². The lowest BCUT2D eigenvalue weighted by molar-refractivity contribution is 0.626. The molecule has 2 N–H and O–H groups in total. The van der Waals surface area contributed by atoms with Gasteiger partial charge in [0.2, 0.25) is 0 Å². The van der Waals surface area contributed by atoms with Crippen LogP contribution in [0.3, 0.4) is 0 Å². The van der Waals surface area contributed by atoms with Gasteiger partial charge in [-0.05, 0) is 48.5 Å². The zero-order valence-electron chi connectivity index (χ0n) is 14.1. The summed E-state index contributed by atoms with van der Waals surface area (Å²) in [5.74, 6) is -0.307. The Kier molecular flexibility index (Phi) is 4.97. The fourth-order valence-electron chi connectivity index (χ4n) is 2.70. The minimum atomic E-state index is -0.491. The first-order valence-electron chi connectivity index (χ1n) is 8.00. The van der Waals surface area contributed by atoms with Gasteiger partial charge in [-0.15, -0.1) is 0 Å². The summed E-state index contributed by atoms with van der Waals surface area (Å²) in [6, 6.07) is 12.7. The summed E-state index contributed by atoms with van der Waals surface area (Å²) in [6.45, 7) is 0. The van der Waals surface area contributed by atoms with E-state index in [0.717, 1.165) is 4.90 Å². The van der Waals surface area contributed by atoms with Gasteiger partial charge in [0.15, 0.2) is 0 Å². The normalized spacial score (nSPS) is 11.1. The Hall–Kier alpha value is -2.61. The van der Waals surface area contributed by atoms with Crippen molar-refractivity contribution in [1.29, 1.82) is 0 Å². The monoisotopic (exact) mass is 432 g/mol. The number of halogens is 3. The molecule has 0 aliphatic rings. The smallest absolute Gasteiger partial charge is 0.281 e. The fraction of sp³-hybridized carbons (Fsp3) is 0. The topological polar surface area (TPSA) is 73.3 Å². The lowest BCUT2D eigenvalue weighted by atomic mass is 10.1. The van der Waals surface area contributed by atoms with Crippen molar-refractivity contribution in [1.82, 2.24) is 14.6 Å². The van der Waals surface area contributed by atoms with Crippen LogP contribution in [0.2, 0.25) is 10.0 Å². The number of aromatic nitrogens is 3. The van der Waals surface area contributed by atoms with E-state index in [4.69, 9.17) is 28.9 Å². The van der Waals surface area contributed by atoms with Gasteiger partial charge in [-0.2, -0.15) is 10.1 Å². The van der Waals surface area contributed by atoms with Crippen molar-refractivity contribution in [3.05, 3.63) is 81.1 Å². The molecule has 0 radical (unpaired) electrons. The molecule has 0 atom stereocenters. The van der Waals surface area contributed by atoms with Crippen LogP contribution in [0.1, 0.15) is 0 Å². The van der Waals surface area contributed by atoms with E-state index in [1.54, 1.807) is 36.4 Å². The Morgan fingerprint density at radius 1 is 1.00 bits per heavy atom. The molecule has 0 unspecified atom stereocenters. The van der Waals surface area contributed by atoms with E-state index >= 15 is 0 Å². The van der Waals surface area contributed by atoms with Crippen LogP contribution in [-0.4, -0.2) is 14.6 Å². The average molecular weight is 433 g/mol. The minimum Gasteiger partial charge on any atom is -0.398 e. The van der Waals surface area contributed by atoms with Crippen LogP contribution in [0.25, 0.3) is 16.6 Å². The first-order valence-corrected chi connectivity index (χ1v) is 9.57. The zero-order valence-corrected chi connectivity index (χ0v) is 16.4. The second kappa shape index (κ2) is 7.43. The predicted octanol–water partition coefficient (Wildman–Crippen LogP) is 4.94. The maximum atomic E-state index is 13.1. The first kappa shape index (κ1) is 18.7. The van der Waals surface area contributed by atoms with E-state index in [0.29, 0.717) is 21.8 Å². The third-order valence-corrected chi connectivity index (χ3v) is 5.66. The molecule has 0 aliphatic carbocycles. The molecule has 0 spiro atoms. The Balaban J connectivity index is 1.86. The van der Waals surface area contributed by atoms with E-state index in [2.05, 4.69) is 10.1 Å². The summed E-state index contributed by atoms with van der Waals surface area (Å²) >= 11 is 14.0. The molecule has 0 saturated carbocycles. The molecule has 2 aromatic carbocycles. The number of fused-ring (bicyclic) bond motifs is 1. The van der Waals surface area contributed by atoms with Gasteiger partial charge < -0.3 is 5.73 Å². The molecule has 4 aromatic rings. The van der Waals surface area contributed by atoms with Crippen molar-refractivity contribution in [3.8, 4) is 11.1 Å². The standard InChI is InChI=1S/C19H11Cl2FN4OS/c20-12-5-6-13(23)18(21)16(12)17-14-7-8-15(25-26(14)9-24-19(17)27)28-11-3-1-10(22)2-4-11/h1-9H,23H2. The molecule has 0 aliphatic heterocycles. The molecule has 0 amide bonds. The molecule has 0 fully saturated rings. The number of nitrogens with zero attached hydrogens (tertiary/aromatic N) is 3. The Morgan fingerprint density at radius 3 is 2.50 bits per heavy atom. The number of hydrogen-bond donors (Lipinski definition) is 1. The van der Waals surface area contributed by atoms with Crippen molar-refractivity contribution < 1.29 is 4.39 Å². The quantitative estimate of drug-likeness (QED) is 0.464. The zero-order chi connectivity index (χ0) is 19.8. The van der Waals surface area contributed by atoms with E-state index in [9.17, 15) is 9.18 Å². The molecule has 2 aromatic heterocycles. The van der Waals surface area contributed by atoms with Crippen LogP contribution >= 0.6 is 35.0 Å². The van der Waals surface area contributed by atoms with Gasteiger partial charge in [0.05, 0.1) is 26.8 Å². The Morgan fingerprint density at radius 2 is 1.75 bits per heavy atom. The van der Waals surface area contributed by atoms with E-state index in [-0.39, 0.29) is 21.4 Å². The maximum Gasteiger partial charge on any atom is 0.281 e. The van der Waals surface area contributed by atoms with E-state index in [1.807, 2.05) is 0 Å². The number of benzene rings is 2. The van der Waals surface area contributed by atoms with Gasteiger partial charge in [-0.3, -0.25) is 4.79 Å². The predicted molar refractivity (Wildman–Crippen MR) is 110 cm³/mol. The lowest BCUT2D eigenvalue weighted by Crippen LogP contribution is -2.14. The largest absolute Gasteiger partial charge is 0.398 e. The summed E-state index contributed by atoms with van der Waals surface area (Å²) in [5, 5.41) is 5.58. The highest BCUT2D eigenvalue weighted by atomic mass is 35.5. The van der Waals surface area contributed by atoms with Crippen molar-refractivity contribution in [3.63, 3.8) is 0 Å². The van der Waals surface area contributed by atoms with E-state index in [1.165, 1.54) is 34.7 Å². The Bertz CT molecular complexity index is 1260. The SMILES string of the molecule is Nc1ccc(Cl)c(-c2c(=O)ncn3nc(Sc4ccc(F)cc4)ccc23)c1Cl.